The molecule has 1 unspecified atom stereocenters. The fraction of sp³-hybridized carbons (Fsp3) is 0.875. The molecule has 2 aliphatic rings. The molecule has 0 bridgehead atoms. The van der Waals surface area contributed by atoms with Gasteiger partial charge in [0, 0.05) is 39.6 Å². The minimum absolute atomic E-state index is 0.0440. The molecular formula is C16H29N3O2. The van der Waals surface area contributed by atoms with Crippen LogP contribution in [0.5, 0.6) is 0 Å². The minimum atomic E-state index is -0.410. The third-order valence-corrected chi connectivity index (χ3v) is 4.72. The average molecular weight is 295 g/mol. The van der Waals surface area contributed by atoms with Gasteiger partial charge in [-0.15, -0.1) is 0 Å². The molecule has 0 aromatic rings. The van der Waals surface area contributed by atoms with Crippen LogP contribution in [0.4, 0.5) is 0 Å². The third-order valence-electron chi connectivity index (χ3n) is 4.72. The van der Waals surface area contributed by atoms with Crippen LogP contribution in [-0.2, 0) is 9.59 Å². The van der Waals surface area contributed by atoms with Crippen LogP contribution in [0.2, 0.25) is 0 Å². The molecule has 0 radical (unpaired) electrons. The maximum Gasteiger partial charge on any atom is 0.244 e. The van der Waals surface area contributed by atoms with E-state index in [1.165, 1.54) is 45.6 Å². The second kappa shape index (κ2) is 7.78. The summed E-state index contributed by atoms with van der Waals surface area (Å²) in [6.45, 7) is 7.92. The van der Waals surface area contributed by atoms with Gasteiger partial charge in [-0.1, -0.05) is 19.3 Å². The monoisotopic (exact) mass is 295 g/mol. The fourth-order valence-corrected chi connectivity index (χ4v) is 3.53. The van der Waals surface area contributed by atoms with E-state index in [-0.39, 0.29) is 11.8 Å². The molecule has 0 aromatic carbocycles. The number of amides is 2. The lowest BCUT2D eigenvalue weighted by atomic mass is 9.89. The van der Waals surface area contributed by atoms with E-state index in [9.17, 15) is 9.59 Å². The number of carbonyl (C=O) groups excluding carboxylic acids is 2. The maximum absolute atomic E-state index is 12.2. The van der Waals surface area contributed by atoms with Gasteiger partial charge in [-0.2, -0.15) is 0 Å². The fourth-order valence-electron chi connectivity index (χ4n) is 3.53. The molecule has 0 aromatic heterocycles. The molecule has 1 saturated heterocycles. The lowest BCUT2D eigenvalue weighted by Crippen LogP contribution is -2.54. The van der Waals surface area contributed by atoms with E-state index in [1.54, 1.807) is 6.92 Å². The van der Waals surface area contributed by atoms with E-state index < -0.39 is 6.04 Å². The zero-order valence-electron chi connectivity index (χ0n) is 13.4. The number of carbonyl (C=O) groups is 2. The van der Waals surface area contributed by atoms with Crippen molar-refractivity contribution in [3.63, 3.8) is 0 Å². The number of piperazine rings is 1. The van der Waals surface area contributed by atoms with Gasteiger partial charge in [0.15, 0.2) is 0 Å². The first-order valence-electron chi connectivity index (χ1n) is 8.34. The van der Waals surface area contributed by atoms with Crippen LogP contribution in [0.15, 0.2) is 0 Å². The average Bonchev–Trinajstić information content (AvgIpc) is 2.47. The normalized spacial score (nSPS) is 22.9. The Hall–Kier alpha value is -1.10. The summed E-state index contributed by atoms with van der Waals surface area (Å²) in [5, 5.41) is 2.67. The van der Waals surface area contributed by atoms with Crippen molar-refractivity contribution in [3.8, 4) is 0 Å². The van der Waals surface area contributed by atoms with Crippen molar-refractivity contribution in [2.45, 2.75) is 52.0 Å². The van der Waals surface area contributed by atoms with Crippen LogP contribution in [0.3, 0.4) is 0 Å². The highest BCUT2D eigenvalue weighted by molar-refractivity contribution is 5.86. The van der Waals surface area contributed by atoms with Gasteiger partial charge in [-0.3, -0.25) is 14.5 Å². The number of hydrogen-bond donors (Lipinski definition) is 1. The van der Waals surface area contributed by atoms with Gasteiger partial charge < -0.3 is 10.2 Å². The van der Waals surface area contributed by atoms with Gasteiger partial charge in [0.1, 0.15) is 6.04 Å². The first-order valence-corrected chi connectivity index (χ1v) is 8.34. The topological polar surface area (TPSA) is 52.7 Å². The Morgan fingerprint density at radius 3 is 2.29 bits per heavy atom. The minimum Gasteiger partial charge on any atom is -0.345 e. The number of nitrogens with one attached hydrogen (secondary N) is 1. The maximum atomic E-state index is 12.2. The molecule has 1 N–H and O–H groups in total. The summed E-state index contributed by atoms with van der Waals surface area (Å²) >= 11 is 0. The summed E-state index contributed by atoms with van der Waals surface area (Å²) in [5.74, 6) is 0.758. The lowest BCUT2D eigenvalue weighted by Gasteiger charge is -2.38. The Morgan fingerprint density at radius 1 is 1.10 bits per heavy atom. The second-order valence-electron chi connectivity index (χ2n) is 6.55. The third kappa shape index (κ3) is 4.99. The van der Waals surface area contributed by atoms with E-state index in [0.717, 1.165) is 32.1 Å². The van der Waals surface area contributed by atoms with Crippen molar-refractivity contribution in [1.29, 1.82) is 0 Å². The summed E-state index contributed by atoms with van der Waals surface area (Å²) in [5.41, 5.74) is 0. The Morgan fingerprint density at radius 2 is 1.71 bits per heavy atom. The van der Waals surface area contributed by atoms with Gasteiger partial charge in [-0.05, 0) is 25.7 Å². The van der Waals surface area contributed by atoms with Crippen LogP contribution in [-0.4, -0.2) is 60.4 Å². The first-order chi connectivity index (χ1) is 10.1. The van der Waals surface area contributed by atoms with Crippen molar-refractivity contribution in [3.05, 3.63) is 0 Å². The van der Waals surface area contributed by atoms with Crippen LogP contribution >= 0.6 is 0 Å². The van der Waals surface area contributed by atoms with Gasteiger partial charge in [0.25, 0.3) is 0 Å². The van der Waals surface area contributed by atoms with Crippen molar-refractivity contribution in [1.82, 2.24) is 15.1 Å². The zero-order chi connectivity index (χ0) is 15.2. The van der Waals surface area contributed by atoms with E-state index in [2.05, 4.69) is 10.2 Å². The Kier molecular flexibility index (Phi) is 6.03. The lowest BCUT2D eigenvalue weighted by molar-refractivity contribution is -0.137. The summed E-state index contributed by atoms with van der Waals surface area (Å²) in [4.78, 5) is 27.6. The van der Waals surface area contributed by atoms with Crippen molar-refractivity contribution in [2.75, 3.05) is 32.7 Å². The summed E-state index contributed by atoms with van der Waals surface area (Å²) in [6, 6.07) is -0.410. The van der Waals surface area contributed by atoms with E-state index in [4.69, 9.17) is 0 Å². The predicted molar refractivity (Wildman–Crippen MR) is 82.9 cm³/mol. The van der Waals surface area contributed by atoms with E-state index in [1.807, 2.05) is 4.90 Å². The predicted octanol–water partition coefficient (Wildman–Crippen LogP) is 1.24. The summed E-state index contributed by atoms with van der Waals surface area (Å²) in [6.07, 6.45) is 6.92. The number of hydrogen-bond acceptors (Lipinski definition) is 3. The molecule has 5 heteroatoms. The second-order valence-corrected chi connectivity index (χ2v) is 6.55. The molecule has 1 heterocycles. The number of rotatable bonds is 4. The molecule has 1 aliphatic carbocycles. The molecule has 2 rings (SSSR count). The molecule has 0 spiro atoms. The molecule has 1 atom stereocenters. The molecule has 2 fully saturated rings. The van der Waals surface area contributed by atoms with Crippen molar-refractivity contribution >= 4 is 11.8 Å². The molecule has 1 saturated carbocycles. The molecule has 21 heavy (non-hydrogen) atoms. The van der Waals surface area contributed by atoms with Crippen LogP contribution in [0.1, 0.15) is 46.0 Å². The van der Waals surface area contributed by atoms with Gasteiger partial charge in [0.05, 0.1) is 0 Å². The van der Waals surface area contributed by atoms with Gasteiger partial charge >= 0.3 is 0 Å². The van der Waals surface area contributed by atoms with Crippen molar-refractivity contribution < 1.29 is 9.59 Å². The van der Waals surface area contributed by atoms with Gasteiger partial charge in [-0.25, -0.2) is 0 Å². The highest BCUT2D eigenvalue weighted by Crippen LogP contribution is 2.24. The first kappa shape index (κ1) is 16.3. The van der Waals surface area contributed by atoms with Crippen LogP contribution < -0.4 is 5.32 Å². The molecule has 120 valence electrons. The zero-order valence-corrected chi connectivity index (χ0v) is 13.4. The summed E-state index contributed by atoms with van der Waals surface area (Å²) < 4.78 is 0. The standard InChI is InChI=1S/C16H29N3O2/c1-13(17-14(2)20)16(21)19-10-8-18(9-11-19)12-15-6-4-3-5-7-15/h13,15H,3-12H2,1-2H3,(H,17,20). The largest absolute Gasteiger partial charge is 0.345 e. The van der Waals surface area contributed by atoms with E-state index >= 15 is 0 Å². The SMILES string of the molecule is CC(=O)NC(C)C(=O)N1CCN(CC2CCCCC2)CC1. The quantitative estimate of drug-likeness (QED) is 0.849. The summed E-state index contributed by atoms with van der Waals surface area (Å²) in [7, 11) is 0. The Bertz CT molecular complexity index is 359. The van der Waals surface area contributed by atoms with Gasteiger partial charge in [0.2, 0.25) is 11.8 Å². The highest BCUT2D eigenvalue weighted by Gasteiger charge is 2.26. The highest BCUT2D eigenvalue weighted by atomic mass is 16.2. The van der Waals surface area contributed by atoms with Crippen molar-refractivity contribution in [2.24, 2.45) is 5.92 Å². The van der Waals surface area contributed by atoms with Crippen LogP contribution in [0.25, 0.3) is 0 Å². The Balaban J connectivity index is 1.72. The molecule has 1 aliphatic heterocycles. The van der Waals surface area contributed by atoms with Crippen LogP contribution in [0, 0.1) is 5.92 Å². The smallest absolute Gasteiger partial charge is 0.244 e. The number of nitrogens with zero attached hydrogens (tertiary/aromatic N) is 2. The molecular weight excluding hydrogens is 266 g/mol. The molecule has 5 nitrogen and oxygen atoms in total. The van der Waals surface area contributed by atoms with E-state index in [0.29, 0.717) is 0 Å². The Labute approximate surface area is 128 Å². The molecule has 2 amide bonds.